The van der Waals surface area contributed by atoms with Gasteiger partial charge in [-0.3, -0.25) is 20.3 Å². The van der Waals surface area contributed by atoms with Crippen molar-refractivity contribution in [2.75, 3.05) is 38.2 Å². The molecular weight excluding hydrogens is 454 g/mol. The first-order valence-electron chi connectivity index (χ1n) is 11.0. The summed E-state index contributed by atoms with van der Waals surface area (Å²) in [6.07, 6.45) is 0. The number of hydrogen-bond acceptors (Lipinski definition) is 6. The molecule has 2 aromatic carbocycles. The zero-order valence-corrected chi connectivity index (χ0v) is 19.5. The fourth-order valence-electron chi connectivity index (χ4n) is 4.66. The van der Waals surface area contributed by atoms with E-state index >= 15 is 0 Å². The Morgan fingerprint density at radius 3 is 2.50 bits per heavy atom. The van der Waals surface area contributed by atoms with Crippen molar-refractivity contribution < 1.29 is 19.1 Å². The maximum Gasteiger partial charge on any atom is 0.322 e. The van der Waals surface area contributed by atoms with Crippen molar-refractivity contribution in [2.24, 2.45) is 0 Å². The van der Waals surface area contributed by atoms with Crippen LogP contribution in [-0.4, -0.2) is 71.7 Å². The summed E-state index contributed by atoms with van der Waals surface area (Å²) in [7, 11) is 1.54. The highest BCUT2D eigenvalue weighted by Crippen LogP contribution is 2.32. The molecule has 176 valence electrons. The first-order valence-corrected chi connectivity index (χ1v) is 12.2. The van der Waals surface area contributed by atoms with Gasteiger partial charge in [0, 0.05) is 42.3 Å². The Bertz CT molecular complexity index is 1180. The van der Waals surface area contributed by atoms with Gasteiger partial charge in [0.2, 0.25) is 0 Å². The van der Waals surface area contributed by atoms with E-state index in [4.69, 9.17) is 10.1 Å². The molecule has 0 aromatic heterocycles. The van der Waals surface area contributed by atoms with Crippen LogP contribution in [-0.2, 0) is 16.9 Å². The third-order valence-electron chi connectivity index (χ3n) is 6.54. The van der Waals surface area contributed by atoms with E-state index < -0.39 is 17.5 Å². The quantitative estimate of drug-likeness (QED) is 0.342. The van der Waals surface area contributed by atoms with Gasteiger partial charge in [-0.15, -0.1) is 0 Å². The Morgan fingerprint density at radius 1 is 1.12 bits per heavy atom. The van der Waals surface area contributed by atoms with Crippen LogP contribution in [0.25, 0.3) is 0 Å². The summed E-state index contributed by atoms with van der Waals surface area (Å²) in [5.41, 5.74) is 1.26. The van der Waals surface area contributed by atoms with Crippen molar-refractivity contribution in [1.29, 1.82) is 5.41 Å². The molecule has 10 heteroatoms. The Kier molecular flexibility index (Phi) is 5.68. The van der Waals surface area contributed by atoms with Gasteiger partial charge in [0.25, 0.3) is 11.8 Å². The van der Waals surface area contributed by atoms with E-state index in [1.807, 2.05) is 22.7 Å². The molecule has 0 saturated carbocycles. The lowest BCUT2D eigenvalue weighted by atomic mass is 9.88. The molecule has 3 aliphatic rings. The lowest BCUT2D eigenvalue weighted by Crippen LogP contribution is -2.52. The molecule has 9 nitrogen and oxygen atoms in total. The van der Waals surface area contributed by atoms with E-state index in [-0.39, 0.29) is 12.5 Å². The minimum Gasteiger partial charge on any atom is -0.497 e. The summed E-state index contributed by atoms with van der Waals surface area (Å²) in [5, 5.41) is 13.6. The van der Waals surface area contributed by atoms with Gasteiger partial charge >= 0.3 is 6.03 Å². The lowest BCUT2D eigenvalue weighted by Gasteiger charge is -2.32. The maximum absolute atomic E-state index is 13.1. The molecule has 1 atom stereocenters. The fraction of sp³-hybridized carbons (Fsp3) is 0.333. The monoisotopic (exact) mass is 479 g/mol. The number of hydrogen-bond donors (Lipinski definition) is 3. The molecule has 2 aromatic rings. The second kappa shape index (κ2) is 8.68. The van der Waals surface area contributed by atoms with Crippen LogP contribution in [0.4, 0.5) is 4.79 Å². The summed E-state index contributed by atoms with van der Waals surface area (Å²) >= 11 is 1.88. The number of urea groups is 1. The third kappa shape index (κ3) is 3.77. The van der Waals surface area contributed by atoms with E-state index in [9.17, 15) is 14.4 Å². The summed E-state index contributed by atoms with van der Waals surface area (Å²) in [6, 6.07) is 11.8. The second-order valence-electron chi connectivity index (χ2n) is 8.52. The van der Waals surface area contributed by atoms with Gasteiger partial charge in [-0.1, -0.05) is 30.3 Å². The number of carbonyl (C=O) groups is 3. The van der Waals surface area contributed by atoms with Gasteiger partial charge < -0.3 is 19.9 Å². The van der Waals surface area contributed by atoms with Crippen LogP contribution in [0.2, 0.25) is 0 Å². The van der Waals surface area contributed by atoms with E-state index in [1.54, 1.807) is 48.4 Å². The lowest BCUT2D eigenvalue weighted by molar-refractivity contribution is -0.124. The smallest absolute Gasteiger partial charge is 0.322 e. The number of fused-ring (bicyclic) bond motifs is 1. The van der Waals surface area contributed by atoms with Crippen LogP contribution in [0, 0.1) is 5.41 Å². The van der Waals surface area contributed by atoms with Crippen molar-refractivity contribution in [3.63, 3.8) is 0 Å². The van der Waals surface area contributed by atoms with Gasteiger partial charge in [0.15, 0.2) is 5.54 Å². The molecule has 0 radical (unpaired) electrons. The normalized spacial score (nSPS) is 21.9. The van der Waals surface area contributed by atoms with Crippen molar-refractivity contribution in [2.45, 2.75) is 12.1 Å². The van der Waals surface area contributed by atoms with E-state index in [0.717, 1.165) is 35.7 Å². The van der Waals surface area contributed by atoms with Gasteiger partial charge in [-0.2, -0.15) is 11.8 Å². The first-order chi connectivity index (χ1) is 16.4. The largest absolute Gasteiger partial charge is 0.497 e. The molecular formula is C24H25N5O4S. The summed E-state index contributed by atoms with van der Waals surface area (Å²) < 4.78 is 5.24. The predicted molar refractivity (Wildman–Crippen MR) is 128 cm³/mol. The number of amidine groups is 1. The Morgan fingerprint density at radius 2 is 1.85 bits per heavy atom. The highest BCUT2D eigenvalue weighted by atomic mass is 32.2. The van der Waals surface area contributed by atoms with E-state index in [2.05, 4.69) is 10.6 Å². The average molecular weight is 480 g/mol. The number of amides is 4. The summed E-state index contributed by atoms with van der Waals surface area (Å²) in [5.74, 6) is 2.29. The highest BCUT2D eigenvalue weighted by molar-refractivity contribution is 7.99. The number of benzene rings is 2. The molecule has 3 aliphatic heterocycles. The van der Waals surface area contributed by atoms with E-state index in [1.165, 1.54) is 0 Å². The highest BCUT2D eigenvalue weighted by Gasteiger charge is 2.50. The van der Waals surface area contributed by atoms with E-state index in [0.29, 0.717) is 29.3 Å². The van der Waals surface area contributed by atoms with Crippen molar-refractivity contribution >= 4 is 35.4 Å². The van der Waals surface area contributed by atoms with Crippen LogP contribution in [0.5, 0.6) is 5.75 Å². The zero-order chi connectivity index (χ0) is 23.9. The second-order valence-corrected chi connectivity index (χ2v) is 9.75. The van der Waals surface area contributed by atoms with Crippen molar-refractivity contribution in [1.82, 2.24) is 20.4 Å². The molecule has 0 spiro atoms. The Balaban J connectivity index is 1.42. The van der Waals surface area contributed by atoms with Crippen molar-refractivity contribution in [3.05, 3.63) is 64.7 Å². The molecule has 34 heavy (non-hydrogen) atoms. The maximum atomic E-state index is 13.1. The van der Waals surface area contributed by atoms with Crippen LogP contribution in [0.1, 0.15) is 27.0 Å². The number of imide groups is 1. The topological polar surface area (TPSA) is 115 Å². The molecule has 3 N–H and O–H groups in total. The molecule has 4 amide bonds. The molecule has 0 bridgehead atoms. The van der Waals surface area contributed by atoms with Gasteiger partial charge in [0.1, 0.15) is 11.6 Å². The first kappa shape index (κ1) is 22.3. The fourth-order valence-corrected chi connectivity index (χ4v) is 5.56. The Hall–Kier alpha value is -3.53. The van der Waals surface area contributed by atoms with Gasteiger partial charge in [-0.25, -0.2) is 4.79 Å². The summed E-state index contributed by atoms with van der Waals surface area (Å²) in [6.45, 7) is 1.98. The third-order valence-corrected chi connectivity index (χ3v) is 7.49. The van der Waals surface area contributed by atoms with Gasteiger partial charge in [-0.05, 0) is 23.3 Å². The van der Waals surface area contributed by atoms with Crippen molar-refractivity contribution in [3.8, 4) is 5.75 Å². The number of ether oxygens (including phenoxy) is 1. The van der Waals surface area contributed by atoms with Gasteiger partial charge in [0.05, 0.1) is 13.7 Å². The molecule has 2 fully saturated rings. The number of methoxy groups -OCH3 is 1. The van der Waals surface area contributed by atoms with Crippen LogP contribution in [0.15, 0.2) is 42.5 Å². The molecule has 5 rings (SSSR count). The van der Waals surface area contributed by atoms with Crippen LogP contribution >= 0.6 is 11.8 Å². The Labute approximate surface area is 201 Å². The molecule has 0 aliphatic carbocycles. The number of nitrogens with one attached hydrogen (secondary N) is 3. The number of rotatable bonds is 5. The predicted octanol–water partition coefficient (Wildman–Crippen LogP) is 1.76. The average Bonchev–Trinajstić information content (AvgIpc) is 3.33. The summed E-state index contributed by atoms with van der Waals surface area (Å²) in [4.78, 5) is 41.9. The van der Waals surface area contributed by atoms with Crippen LogP contribution < -0.4 is 15.4 Å². The molecule has 0 unspecified atom stereocenters. The number of carbonyl (C=O) groups excluding carboxylic acids is 3. The van der Waals surface area contributed by atoms with Crippen LogP contribution in [0.3, 0.4) is 0 Å². The molecule has 2 saturated heterocycles. The minimum absolute atomic E-state index is 0.0133. The standard InChI is InChI=1S/C24H25N5O4S/c1-33-18-7-4-16-13-29(21(30)19(16)12-18)14-24(22(31)26-23(32)27-24)17-5-2-15(3-6-17)20(25)28-8-10-34-11-9-28/h2-7,12,25H,8-11,13-14H2,1H3,(H2,26,27,31,32)/t24-/m0/s1. The SMILES string of the molecule is COc1ccc2c(c1)C(=O)N(C[C@@]1(c3ccc(C(=N)N4CCSCC4)cc3)NC(=O)NC1=O)C2. The molecule has 3 heterocycles. The number of nitrogens with zero attached hydrogens (tertiary/aromatic N) is 2. The number of thioether (sulfide) groups is 1. The minimum atomic E-state index is -1.42. The zero-order valence-electron chi connectivity index (χ0n) is 18.7.